The van der Waals surface area contributed by atoms with Crippen LogP contribution in [0.15, 0.2) is 89.0 Å². The summed E-state index contributed by atoms with van der Waals surface area (Å²) in [5.74, 6) is 0. The number of carbonyl (C=O) groups excluding carboxylic acids is 1. The largest absolute Gasteiger partial charge is 0.322 e. The number of unbranched alkanes of at least 4 members (excludes halogenated alkanes) is 2. The molecule has 1 heterocycles. The molecule has 0 spiro atoms. The van der Waals surface area contributed by atoms with Gasteiger partial charge in [-0.15, -0.1) is 0 Å². The van der Waals surface area contributed by atoms with E-state index < -0.39 is 0 Å². The Morgan fingerprint density at radius 2 is 1.76 bits per heavy atom. The molecule has 0 radical (unpaired) electrons. The second kappa shape index (κ2) is 13.6. The zero-order chi connectivity index (χ0) is 23.3. The molecule has 4 nitrogen and oxygen atoms in total. The van der Waals surface area contributed by atoms with Gasteiger partial charge in [-0.3, -0.25) is 4.98 Å². The van der Waals surface area contributed by atoms with Crippen LogP contribution in [0, 0.1) is 0 Å². The average molecular weight is 506 g/mol. The van der Waals surface area contributed by atoms with Crippen molar-refractivity contribution in [2.24, 2.45) is 0 Å². The maximum absolute atomic E-state index is 13.4. The van der Waals surface area contributed by atoms with Gasteiger partial charge in [-0.25, -0.2) is 4.79 Å². The first-order valence-corrected chi connectivity index (χ1v) is 12.4. The van der Waals surface area contributed by atoms with Crippen LogP contribution in [0.2, 0.25) is 0 Å². The molecule has 5 heteroatoms. The van der Waals surface area contributed by atoms with Gasteiger partial charge >= 0.3 is 6.03 Å². The molecule has 0 saturated heterocycles. The topological polar surface area (TPSA) is 45.2 Å². The van der Waals surface area contributed by atoms with E-state index in [1.165, 1.54) is 24.0 Å². The number of rotatable bonds is 11. The summed E-state index contributed by atoms with van der Waals surface area (Å²) in [7, 11) is 0. The number of hydrogen-bond donors (Lipinski definition) is 1. The third-order valence-electron chi connectivity index (χ3n) is 5.43. The van der Waals surface area contributed by atoms with Crippen molar-refractivity contribution in [3.05, 3.63) is 100 Å². The minimum absolute atomic E-state index is 0.104. The summed E-state index contributed by atoms with van der Waals surface area (Å²) in [6, 6.07) is 23.8. The van der Waals surface area contributed by atoms with Gasteiger partial charge in [-0.05, 0) is 58.6 Å². The number of urea groups is 1. The highest BCUT2D eigenvalue weighted by Gasteiger charge is 2.17. The van der Waals surface area contributed by atoms with Crippen LogP contribution in [0.5, 0.6) is 0 Å². The molecule has 3 rings (SSSR count). The van der Waals surface area contributed by atoms with Crippen molar-refractivity contribution in [3.63, 3.8) is 0 Å². The molecule has 0 aliphatic rings. The average Bonchev–Trinajstić information content (AvgIpc) is 2.84. The van der Waals surface area contributed by atoms with E-state index in [9.17, 15) is 4.79 Å². The first kappa shape index (κ1) is 24.7. The molecular weight excluding hydrogens is 474 g/mol. The third-order valence-corrected chi connectivity index (χ3v) is 6.12. The van der Waals surface area contributed by atoms with Crippen LogP contribution in [0.25, 0.3) is 6.08 Å². The van der Waals surface area contributed by atoms with Crippen LogP contribution in [-0.4, -0.2) is 29.0 Å². The Balaban J connectivity index is 1.80. The molecule has 1 aromatic heterocycles. The predicted molar refractivity (Wildman–Crippen MR) is 141 cm³/mol. The summed E-state index contributed by atoms with van der Waals surface area (Å²) in [4.78, 5) is 19.7. The second-order valence-corrected chi connectivity index (χ2v) is 8.93. The Kier molecular flexibility index (Phi) is 10.2. The second-order valence-electron chi connectivity index (χ2n) is 8.07. The van der Waals surface area contributed by atoms with E-state index in [4.69, 9.17) is 0 Å². The number of para-hydroxylation sites is 1. The molecule has 33 heavy (non-hydrogen) atoms. The number of aromatic nitrogens is 1. The van der Waals surface area contributed by atoms with Gasteiger partial charge in [0.2, 0.25) is 0 Å². The van der Waals surface area contributed by atoms with Crippen molar-refractivity contribution in [1.82, 2.24) is 9.88 Å². The quantitative estimate of drug-likeness (QED) is 0.273. The van der Waals surface area contributed by atoms with Gasteiger partial charge in [0.25, 0.3) is 0 Å². The lowest BCUT2D eigenvalue weighted by atomic mass is 10.0. The van der Waals surface area contributed by atoms with Gasteiger partial charge in [0.05, 0.1) is 5.69 Å². The third kappa shape index (κ3) is 8.50. The molecule has 1 N–H and O–H groups in total. The number of amides is 2. The number of nitrogens with zero attached hydrogens (tertiary/aromatic N) is 2. The SMILES string of the molecule is CCCCCC(=Cc1ccccc1)CN(CCc1ccccn1)C(=O)Nc1ccccc1Br. The van der Waals surface area contributed by atoms with Crippen LogP contribution >= 0.6 is 15.9 Å². The zero-order valence-electron chi connectivity index (χ0n) is 19.2. The highest BCUT2D eigenvalue weighted by molar-refractivity contribution is 9.10. The van der Waals surface area contributed by atoms with E-state index in [2.05, 4.69) is 51.4 Å². The molecule has 3 aromatic rings. The monoisotopic (exact) mass is 505 g/mol. The van der Waals surface area contributed by atoms with Crippen LogP contribution in [-0.2, 0) is 6.42 Å². The number of halogens is 1. The number of carbonyl (C=O) groups is 1. The highest BCUT2D eigenvalue weighted by atomic mass is 79.9. The van der Waals surface area contributed by atoms with Crippen molar-refractivity contribution in [2.45, 2.75) is 39.0 Å². The molecule has 2 aromatic carbocycles. The van der Waals surface area contributed by atoms with E-state index in [-0.39, 0.29) is 6.03 Å². The minimum Gasteiger partial charge on any atom is -0.320 e. The van der Waals surface area contributed by atoms with Gasteiger partial charge < -0.3 is 10.2 Å². The Labute approximate surface area is 205 Å². The van der Waals surface area contributed by atoms with Crippen molar-refractivity contribution in [2.75, 3.05) is 18.4 Å². The molecule has 0 aliphatic heterocycles. The number of nitrogens with one attached hydrogen (secondary N) is 1. The smallest absolute Gasteiger partial charge is 0.320 e. The van der Waals surface area contributed by atoms with Crippen molar-refractivity contribution in [1.29, 1.82) is 0 Å². The van der Waals surface area contributed by atoms with Gasteiger partial charge in [0.15, 0.2) is 0 Å². The van der Waals surface area contributed by atoms with Crippen molar-refractivity contribution in [3.8, 4) is 0 Å². The van der Waals surface area contributed by atoms with Crippen molar-refractivity contribution < 1.29 is 4.79 Å². The van der Waals surface area contributed by atoms with Gasteiger partial charge in [-0.1, -0.05) is 79.9 Å². The summed E-state index contributed by atoms with van der Waals surface area (Å²) in [5.41, 5.74) is 4.18. The molecule has 0 fully saturated rings. The maximum atomic E-state index is 13.4. The number of pyridine rings is 1. The molecule has 0 saturated carbocycles. The summed E-state index contributed by atoms with van der Waals surface area (Å²) >= 11 is 3.53. The standard InChI is InChI=1S/C28H32BrN3O/c1-2-3-5-14-24(21-23-12-6-4-7-13-23)22-32(20-18-25-15-10-11-19-30-25)28(33)31-27-17-9-8-16-26(27)29/h4,6-13,15-17,19,21H,2-3,5,14,18,20,22H2,1H3,(H,31,33). The fourth-order valence-electron chi connectivity index (χ4n) is 3.63. The Hall–Kier alpha value is -2.92. The molecule has 0 unspecified atom stereocenters. The van der Waals surface area contributed by atoms with Crippen LogP contribution in [0.4, 0.5) is 10.5 Å². The zero-order valence-corrected chi connectivity index (χ0v) is 20.8. The summed E-state index contributed by atoms with van der Waals surface area (Å²) in [6.07, 6.45) is 9.19. The molecule has 0 atom stereocenters. The van der Waals surface area contributed by atoms with Crippen molar-refractivity contribution >= 4 is 33.7 Å². The molecular formula is C28H32BrN3O. The molecule has 0 aliphatic carbocycles. The number of benzene rings is 2. The number of hydrogen-bond acceptors (Lipinski definition) is 2. The Bertz CT molecular complexity index is 1020. The summed E-state index contributed by atoms with van der Waals surface area (Å²) in [5, 5.41) is 3.08. The van der Waals surface area contributed by atoms with E-state index in [0.29, 0.717) is 19.5 Å². The van der Waals surface area contributed by atoms with Gasteiger partial charge in [-0.2, -0.15) is 0 Å². The molecule has 172 valence electrons. The van der Waals surface area contributed by atoms with E-state index in [0.717, 1.165) is 28.7 Å². The van der Waals surface area contributed by atoms with Crippen LogP contribution in [0.3, 0.4) is 0 Å². The highest BCUT2D eigenvalue weighted by Crippen LogP contribution is 2.22. The fraction of sp³-hybridized carbons (Fsp3) is 0.286. The lowest BCUT2D eigenvalue weighted by Crippen LogP contribution is -2.38. The minimum atomic E-state index is -0.104. The van der Waals surface area contributed by atoms with Gasteiger partial charge in [0.1, 0.15) is 0 Å². The van der Waals surface area contributed by atoms with E-state index >= 15 is 0 Å². The fourth-order valence-corrected chi connectivity index (χ4v) is 4.02. The van der Waals surface area contributed by atoms with Crippen LogP contribution < -0.4 is 5.32 Å². The summed E-state index contributed by atoms with van der Waals surface area (Å²) in [6.45, 7) is 3.39. The van der Waals surface area contributed by atoms with Gasteiger partial charge in [0, 0.05) is 35.9 Å². The normalized spacial score (nSPS) is 11.3. The molecule has 0 bridgehead atoms. The first-order chi connectivity index (χ1) is 16.2. The Morgan fingerprint density at radius 3 is 2.48 bits per heavy atom. The van der Waals surface area contributed by atoms with E-state index in [1.54, 1.807) is 6.20 Å². The lowest BCUT2D eigenvalue weighted by Gasteiger charge is -2.25. The lowest BCUT2D eigenvalue weighted by molar-refractivity contribution is 0.216. The van der Waals surface area contributed by atoms with E-state index in [1.807, 2.05) is 65.6 Å². The first-order valence-electron chi connectivity index (χ1n) is 11.6. The summed E-state index contributed by atoms with van der Waals surface area (Å²) < 4.78 is 0.867. The Morgan fingerprint density at radius 1 is 1.00 bits per heavy atom. The molecule has 2 amide bonds. The maximum Gasteiger partial charge on any atom is 0.322 e. The predicted octanol–water partition coefficient (Wildman–Crippen LogP) is 7.58. The number of anilines is 1. The van der Waals surface area contributed by atoms with Crippen LogP contribution in [0.1, 0.15) is 43.9 Å².